The molecule has 4 aromatic rings. The van der Waals surface area contributed by atoms with Gasteiger partial charge in [0.15, 0.2) is 0 Å². The van der Waals surface area contributed by atoms with Crippen LogP contribution in [0.2, 0.25) is 0 Å². The summed E-state index contributed by atoms with van der Waals surface area (Å²) >= 11 is 0. The van der Waals surface area contributed by atoms with Crippen LogP contribution in [0.1, 0.15) is 22.3 Å². The Balaban J connectivity index is 0.00000185. The van der Waals surface area contributed by atoms with Crippen LogP contribution >= 0.6 is 0 Å². The minimum Gasteiger partial charge on any atom is -1.00 e. The van der Waals surface area contributed by atoms with Crippen LogP contribution in [0.25, 0.3) is 0 Å². The number of benzene rings is 4. The molecule has 2 heterocycles. The van der Waals surface area contributed by atoms with E-state index >= 15 is 0 Å². The van der Waals surface area contributed by atoms with Crippen molar-refractivity contribution in [1.82, 2.24) is 0 Å². The van der Waals surface area contributed by atoms with E-state index in [4.69, 9.17) is 0 Å². The summed E-state index contributed by atoms with van der Waals surface area (Å²) in [7, 11) is 0. The van der Waals surface area contributed by atoms with Crippen molar-refractivity contribution in [1.29, 1.82) is 0 Å². The molecule has 0 atom stereocenters. The van der Waals surface area contributed by atoms with E-state index in [-0.39, 0.29) is 24.8 Å². The molecule has 40 heavy (non-hydrogen) atoms. The van der Waals surface area contributed by atoms with Gasteiger partial charge in [-0.2, -0.15) is 0 Å². The highest BCUT2D eigenvalue weighted by atomic mass is 35.5. The summed E-state index contributed by atoms with van der Waals surface area (Å²) in [4.78, 5) is 7.18. The van der Waals surface area contributed by atoms with Crippen LogP contribution in [0.4, 0.5) is 22.7 Å². The van der Waals surface area contributed by atoms with E-state index in [2.05, 4.69) is 128 Å². The van der Waals surface area contributed by atoms with Crippen molar-refractivity contribution in [2.45, 2.75) is 25.7 Å². The first-order chi connectivity index (χ1) is 18.8. The summed E-state index contributed by atoms with van der Waals surface area (Å²) in [6.07, 6.45) is 3.73. The van der Waals surface area contributed by atoms with Gasteiger partial charge in [0, 0.05) is 0 Å². The average molecular weight is 574 g/mol. The van der Waals surface area contributed by atoms with Gasteiger partial charge in [-0.1, -0.05) is 66.7 Å². The second-order valence-corrected chi connectivity index (χ2v) is 9.78. The largest absolute Gasteiger partial charge is 1.00 e. The molecule has 2 aliphatic rings. The number of para-hydroxylation sites is 3. The smallest absolute Gasteiger partial charge is 0.353 e. The first-order valence-electron chi connectivity index (χ1n) is 13.4. The first kappa shape index (κ1) is 29.0. The predicted molar refractivity (Wildman–Crippen MR) is 157 cm³/mol. The Morgan fingerprint density at radius 1 is 0.450 bits per heavy atom. The number of hydrogen-bond acceptors (Lipinski definition) is 4. The lowest BCUT2D eigenvalue weighted by Crippen LogP contribution is -3.00. The molecule has 2 aliphatic heterocycles. The summed E-state index contributed by atoms with van der Waals surface area (Å²) in [6, 6.07) is 34.4. The molecule has 0 amide bonds. The van der Waals surface area contributed by atoms with Crippen LogP contribution in [0.3, 0.4) is 0 Å². The Morgan fingerprint density at radius 3 is 1.43 bits per heavy atom. The van der Waals surface area contributed by atoms with Gasteiger partial charge in [0.05, 0.1) is 18.8 Å². The molecule has 4 bridgehead atoms. The Hall–Kier alpha value is -4.00. The van der Waals surface area contributed by atoms with E-state index < -0.39 is 0 Å². The molecule has 6 N–H and O–H groups in total. The van der Waals surface area contributed by atoms with E-state index in [1.165, 1.54) is 22.3 Å². The van der Waals surface area contributed by atoms with Gasteiger partial charge in [-0.15, -0.1) is 0 Å². The minimum atomic E-state index is 0. The van der Waals surface area contributed by atoms with Crippen molar-refractivity contribution in [3.05, 3.63) is 119 Å². The number of anilines is 4. The van der Waals surface area contributed by atoms with E-state index in [1.807, 2.05) is 0 Å². The standard InChI is InChI=1S/C32H32N6.2ClH/c1-4-13-28-24(9-1)17-16-23-8-7-12-27(22-23)35-31-33-20-21-34-32(37-28)38-30-15-6-3-11-26(30)19-18-25-10-2-5-14-29(25)36-31;;/h1-15,22H,16-21H2,(H2,33,35,36)(H2,34,37,38);2*1H. The summed E-state index contributed by atoms with van der Waals surface area (Å²) in [5.74, 6) is 1.75. The Bertz CT molecular complexity index is 1500. The monoisotopic (exact) mass is 572 g/mol. The molecule has 0 saturated carbocycles. The van der Waals surface area contributed by atoms with Crippen molar-refractivity contribution in [2.24, 2.45) is 0 Å². The number of rotatable bonds is 0. The van der Waals surface area contributed by atoms with Crippen LogP contribution in [0, 0.1) is 0 Å². The summed E-state index contributed by atoms with van der Waals surface area (Å²) in [6.45, 7) is 1.43. The molecular formula is C32H34Cl2N6. The number of aryl methyl sites for hydroxylation is 4. The minimum absolute atomic E-state index is 0. The number of halogens is 2. The normalized spacial score (nSPS) is 14.6. The molecule has 8 heteroatoms. The Labute approximate surface area is 248 Å². The van der Waals surface area contributed by atoms with Gasteiger partial charge in [0.2, 0.25) is 0 Å². The second kappa shape index (κ2) is 13.9. The summed E-state index contributed by atoms with van der Waals surface area (Å²) in [5.41, 5.74) is 9.54. The third-order valence-electron chi connectivity index (χ3n) is 7.10. The SMILES string of the molecule is [Cl-].[Cl-].c1cc2cc(c1)NC1=[NH+]CC[NH+]=C(Nc3ccccc3CC2)Nc2ccccc2CCc2ccccc2N1. The van der Waals surface area contributed by atoms with E-state index in [0.29, 0.717) is 13.1 Å². The number of hydrogen-bond donors (Lipinski definition) is 6. The number of nitrogens with one attached hydrogen (secondary N) is 6. The van der Waals surface area contributed by atoms with Crippen LogP contribution in [0.5, 0.6) is 0 Å². The lowest BCUT2D eigenvalue weighted by Gasteiger charge is -2.14. The fourth-order valence-corrected chi connectivity index (χ4v) is 5.10. The van der Waals surface area contributed by atoms with Gasteiger partial charge < -0.3 is 24.8 Å². The van der Waals surface area contributed by atoms with E-state index in [0.717, 1.165) is 60.4 Å². The fourth-order valence-electron chi connectivity index (χ4n) is 5.10. The highest BCUT2D eigenvalue weighted by Crippen LogP contribution is 2.23. The maximum absolute atomic E-state index is 3.68. The van der Waals surface area contributed by atoms with Crippen molar-refractivity contribution < 1.29 is 34.8 Å². The van der Waals surface area contributed by atoms with Gasteiger partial charge >= 0.3 is 11.9 Å². The highest BCUT2D eigenvalue weighted by molar-refractivity contribution is 6.01. The quantitative estimate of drug-likeness (QED) is 0.132. The molecule has 0 radical (unpaired) electrons. The third-order valence-corrected chi connectivity index (χ3v) is 7.10. The molecule has 0 fully saturated rings. The van der Waals surface area contributed by atoms with Crippen LogP contribution in [-0.4, -0.2) is 25.0 Å². The first-order valence-corrected chi connectivity index (χ1v) is 13.4. The van der Waals surface area contributed by atoms with Crippen LogP contribution in [-0.2, 0) is 25.7 Å². The molecule has 0 aromatic heterocycles. The number of guanidine groups is 2. The van der Waals surface area contributed by atoms with Crippen molar-refractivity contribution >= 4 is 34.7 Å². The molecule has 206 valence electrons. The average Bonchev–Trinajstić information content (AvgIpc) is 2.94. The predicted octanol–water partition coefficient (Wildman–Crippen LogP) is -3.49. The zero-order chi connectivity index (χ0) is 25.6. The van der Waals surface area contributed by atoms with Crippen molar-refractivity contribution in [3.63, 3.8) is 0 Å². The zero-order valence-corrected chi connectivity index (χ0v) is 23.7. The molecule has 0 spiro atoms. The lowest BCUT2D eigenvalue weighted by atomic mass is 10.0. The maximum Gasteiger partial charge on any atom is 0.353 e. The third kappa shape index (κ3) is 7.14. The molecule has 0 saturated heterocycles. The van der Waals surface area contributed by atoms with Gasteiger partial charge in [-0.25, -0.2) is 21.3 Å². The Kier molecular flexibility index (Phi) is 10.1. The lowest BCUT2D eigenvalue weighted by molar-refractivity contribution is -0.538. The molecule has 4 aromatic carbocycles. The number of fused-ring (bicyclic) bond motifs is 8. The molecule has 6 nitrogen and oxygen atoms in total. The Morgan fingerprint density at radius 2 is 0.900 bits per heavy atom. The summed E-state index contributed by atoms with van der Waals surface area (Å²) < 4.78 is 0. The van der Waals surface area contributed by atoms with E-state index in [1.54, 1.807) is 0 Å². The molecule has 0 unspecified atom stereocenters. The molecular weight excluding hydrogens is 539 g/mol. The molecule has 6 rings (SSSR count). The van der Waals surface area contributed by atoms with Crippen LogP contribution in [0.15, 0.2) is 97.1 Å². The highest BCUT2D eigenvalue weighted by Gasteiger charge is 2.18. The van der Waals surface area contributed by atoms with Gasteiger partial charge in [-0.05, 0) is 78.3 Å². The fraction of sp³-hybridized carbons (Fsp3) is 0.188. The van der Waals surface area contributed by atoms with Crippen molar-refractivity contribution in [2.75, 3.05) is 34.4 Å². The van der Waals surface area contributed by atoms with Gasteiger partial charge in [0.25, 0.3) is 0 Å². The van der Waals surface area contributed by atoms with Crippen LogP contribution < -0.4 is 56.1 Å². The van der Waals surface area contributed by atoms with Gasteiger partial charge in [0.1, 0.15) is 17.1 Å². The zero-order valence-electron chi connectivity index (χ0n) is 22.2. The molecule has 0 aliphatic carbocycles. The van der Waals surface area contributed by atoms with Crippen molar-refractivity contribution in [3.8, 4) is 0 Å². The summed E-state index contributed by atoms with van der Waals surface area (Å²) in [5, 5.41) is 14.6. The van der Waals surface area contributed by atoms with Gasteiger partial charge in [-0.3, -0.25) is 9.98 Å². The van der Waals surface area contributed by atoms with E-state index in [9.17, 15) is 0 Å². The topological polar surface area (TPSA) is 76.1 Å². The maximum atomic E-state index is 3.68. The second-order valence-electron chi connectivity index (χ2n) is 9.78.